The van der Waals surface area contributed by atoms with Gasteiger partial charge in [0, 0.05) is 50.8 Å². The van der Waals surface area contributed by atoms with Gasteiger partial charge in [0.2, 0.25) is 0 Å². The second-order valence-corrected chi connectivity index (χ2v) is 30.6. The highest BCUT2D eigenvalue weighted by Crippen LogP contribution is 2.65. The highest BCUT2D eigenvalue weighted by Gasteiger charge is 2.62. The van der Waals surface area contributed by atoms with Crippen molar-refractivity contribution in [1.29, 1.82) is 0 Å². The molecule has 88 heavy (non-hydrogen) atoms. The predicted molar refractivity (Wildman–Crippen MR) is 377 cm³/mol. The maximum atomic E-state index is 2.88. The summed E-state index contributed by atoms with van der Waals surface area (Å²) < 4.78 is 0. The van der Waals surface area contributed by atoms with Crippen molar-refractivity contribution in [1.82, 2.24) is 0 Å². The van der Waals surface area contributed by atoms with Crippen LogP contribution >= 0.6 is 0 Å². The SMILES string of the molecule is CC1(C)Cc2cc3c(cc2C1)N(c1ccc(C(C)(C)C)cc1-c1ccccc1)c1cc(N2c4ccc(C(C)(C)C)cc4C4(c5ccc(C(C)(C)C)cc5)CCCCC24C)cc2c1B3c1ccc(-c3ccccc3)cc1N2c1cccc(-c2ccccc2)c1. The van der Waals surface area contributed by atoms with Crippen molar-refractivity contribution < 1.29 is 0 Å². The third kappa shape index (κ3) is 8.88. The van der Waals surface area contributed by atoms with Crippen LogP contribution in [-0.2, 0) is 34.5 Å². The fourth-order valence-corrected chi connectivity index (χ4v) is 16.7. The molecule has 3 nitrogen and oxygen atoms in total. The van der Waals surface area contributed by atoms with Crippen LogP contribution in [0.3, 0.4) is 0 Å². The standard InChI is InChI=1S/C84H84BN3/c1-79(2,3)62-34-36-63(37-35-62)84-44-23-22-43-83(84,12)88(73-42-39-65(50-69(73)84)81(7,8)9)67-51-76-78-77(52-67)87(72-41-38-64(80(4,5)6)49-68(72)57-29-20-15-21-30-57)75-48-61-54-82(10,11)53-60(61)46-71(75)85(78)70-40-33-59(56-27-18-14-19-28-56)47-74(70)86(76)66-32-24-31-58(45-66)55-25-16-13-17-26-55/h13-21,24-42,45-52H,22-23,43-44,53-54H2,1-12H3. The van der Waals surface area contributed by atoms with E-state index < -0.39 is 0 Å². The molecule has 15 rings (SSSR count). The Balaban J connectivity index is 1.09. The fourth-order valence-electron chi connectivity index (χ4n) is 16.7. The van der Waals surface area contributed by atoms with E-state index in [0.717, 1.165) is 37.8 Å². The van der Waals surface area contributed by atoms with Crippen LogP contribution in [0, 0.1) is 5.41 Å². The van der Waals surface area contributed by atoms with E-state index in [1.807, 2.05) is 0 Å². The Labute approximate surface area is 525 Å². The summed E-state index contributed by atoms with van der Waals surface area (Å²) in [6.45, 7) is 28.8. The largest absolute Gasteiger partial charge is 0.334 e. The molecular weight excluding hydrogens is 1060 g/mol. The van der Waals surface area contributed by atoms with Gasteiger partial charge < -0.3 is 14.7 Å². The van der Waals surface area contributed by atoms with Gasteiger partial charge in [0.25, 0.3) is 6.71 Å². The summed E-state index contributed by atoms with van der Waals surface area (Å²) in [6, 6.07) is 85.6. The van der Waals surface area contributed by atoms with Gasteiger partial charge in [0.05, 0.1) is 11.2 Å². The number of nitrogens with zero attached hydrogens (tertiary/aromatic N) is 3. The molecule has 0 aromatic heterocycles. The number of hydrogen-bond acceptors (Lipinski definition) is 3. The van der Waals surface area contributed by atoms with Crippen molar-refractivity contribution in [2.75, 3.05) is 14.7 Å². The van der Waals surface area contributed by atoms with E-state index in [-0.39, 0.29) is 39.3 Å². The highest BCUT2D eigenvalue weighted by atomic mass is 15.3. The summed E-state index contributed by atoms with van der Waals surface area (Å²) in [5, 5.41) is 0. The third-order valence-electron chi connectivity index (χ3n) is 21.2. The first-order valence-corrected chi connectivity index (χ1v) is 32.6. The number of fused-ring (bicyclic) bond motifs is 8. The van der Waals surface area contributed by atoms with Crippen molar-refractivity contribution in [2.45, 2.75) is 149 Å². The normalized spacial score (nSPS) is 19.0. The van der Waals surface area contributed by atoms with Crippen molar-refractivity contribution in [3.8, 4) is 33.4 Å². The molecule has 10 aromatic rings. The lowest BCUT2D eigenvalue weighted by molar-refractivity contribution is 0.215. The quantitative estimate of drug-likeness (QED) is 0.147. The van der Waals surface area contributed by atoms with Gasteiger partial charge in [-0.3, -0.25) is 0 Å². The maximum Gasteiger partial charge on any atom is 0.252 e. The van der Waals surface area contributed by atoms with Gasteiger partial charge in [-0.25, -0.2) is 0 Å². The van der Waals surface area contributed by atoms with Gasteiger partial charge in [-0.2, -0.15) is 0 Å². The maximum absolute atomic E-state index is 2.88. The topological polar surface area (TPSA) is 9.72 Å². The molecule has 1 saturated carbocycles. The summed E-state index contributed by atoms with van der Waals surface area (Å²) >= 11 is 0. The minimum absolute atomic E-state index is 0.0364. The summed E-state index contributed by atoms with van der Waals surface area (Å²) in [4.78, 5) is 8.30. The van der Waals surface area contributed by atoms with Crippen molar-refractivity contribution in [3.63, 3.8) is 0 Å². The zero-order chi connectivity index (χ0) is 60.9. The van der Waals surface area contributed by atoms with Gasteiger partial charge in [-0.05, 0) is 192 Å². The first-order chi connectivity index (χ1) is 42.1. The van der Waals surface area contributed by atoms with Crippen LogP contribution in [0.1, 0.15) is 148 Å². The molecule has 3 heterocycles. The smallest absolute Gasteiger partial charge is 0.252 e. The molecule has 0 N–H and O–H groups in total. The number of rotatable bonds is 7. The zero-order valence-corrected chi connectivity index (χ0v) is 53.9. The van der Waals surface area contributed by atoms with E-state index in [4.69, 9.17) is 0 Å². The van der Waals surface area contributed by atoms with Crippen LogP contribution in [0.25, 0.3) is 33.4 Å². The monoisotopic (exact) mass is 1150 g/mol. The number of benzene rings is 10. The van der Waals surface area contributed by atoms with E-state index in [1.165, 1.54) is 135 Å². The van der Waals surface area contributed by atoms with E-state index in [1.54, 1.807) is 0 Å². The molecule has 0 bridgehead atoms. The average Bonchev–Trinajstić information content (AvgIpc) is 1.37. The first-order valence-electron chi connectivity index (χ1n) is 32.6. The molecule has 2 atom stereocenters. The Kier molecular flexibility index (Phi) is 12.8. The van der Waals surface area contributed by atoms with E-state index in [0.29, 0.717) is 0 Å². The van der Waals surface area contributed by atoms with Crippen LogP contribution < -0.4 is 31.1 Å². The van der Waals surface area contributed by atoms with Crippen molar-refractivity contribution in [2.24, 2.45) is 5.41 Å². The Hall–Kier alpha value is -8.34. The third-order valence-corrected chi connectivity index (χ3v) is 21.2. The molecule has 0 radical (unpaired) electrons. The highest BCUT2D eigenvalue weighted by molar-refractivity contribution is 7.00. The Bertz CT molecular complexity index is 4390. The summed E-state index contributed by atoms with van der Waals surface area (Å²) in [7, 11) is 0. The average molecular weight is 1150 g/mol. The molecule has 438 valence electrons. The van der Waals surface area contributed by atoms with Gasteiger partial charge >= 0.3 is 0 Å². The predicted octanol–water partition coefficient (Wildman–Crippen LogP) is 20.6. The second-order valence-electron chi connectivity index (χ2n) is 30.6. The molecule has 1 fully saturated rings. The lowest BCUT2D eigenvalue weighted by atomic mass is 9.33. The molecule has 3 aliphatic heterocycles. The van der Waals surface area contributed by atoms with Gasteiger partial charge in [0.1, 0.15) is 0 Å². The van der Waals surface area contributed by atoms with E-state index in [2.05, 4.69) is 316 Å². The number of hydrogen-bond donors (Lipinski definition) is 0. The molecule has 2 aliphatic carbocycles. The summed E-state index contributed by atoms with van der Waals surface area (Å²) in [5.41, 5.74) is 30.6. The minimum atomic E-state index is -0.341. The van der Waals surface area contributed by atoms with Gasteiger partial charge in [0.15, 0.2) is 0 Å². The minimum Gasteiger partial charge on any atom is -0.334 e. The lowest BCUT2D eigenvalue weighted by Gasteiger charge is -2.53. The van der Waals surface area contributed by atoms with Gasteiger partial charge in [-0.15, -0.1) is 0 Å². The number of anilines is 8. The molecule has 0 spiro atoms. The lowest BCUT2D eigenvalue weighted by Crippen LogP contribution is -2.61. The molecule has 0 amide bonds. The van der Waals surface area contributed by atoms with Crippen LogP contribution in [0.2, 0.25) is 0 Å². The summed E-state index contributed by atoms with van der Waals surface area (Å²) in [5.74, 6) is 0. The molecule has 2 unspecified atom stereocenters. The molecule has 10 aromatic carbocycles. The van der Waals surface area contributed by atoms with Crippen LogP contribution in [0.5, 0.6) is 0 Å². The summed E-state index contributed by atoms with van der Waals surface area (Å²) in [6.07, 6.45) is 6.55. The van der Waals surface area contributed by atoms with Gasteiger partial charge in [-0.1, -0.05) is 253 Å². The van der Waals surface area contributed by atoms with Crippen LogP contribution in [0.4, 0.5) is 45.5 Å². The first kappa shape index (κ1) is 56.2. The molecule has 4 heteroatoms. The molecule has 0 saturated heterocycles. The van der Waals surface area contributed by atoms with Crippen molar-refractivity contribution >= 4 is 68.6 Å². The second kappa shape index (κ2) is 20.1. The Morgan fingerprint density at radius 1 is 0.375 bits per heavy atom. The molecular formula is C84H84BN3. The van der Waals surface area contributed by atoms with Crippen LogP contribution in [-0.4, -0.2) is 12.3 Å². The Morgan fingerprint density at radius 3 is 1.55 bits per heavy atom. The molecule has 5 aliphatic rings. The Morgan fingerprint density at radius 2 is 0.909 bits per heavy atom. The van der Waals surface area contributed by atoms with E-state index >= 15 is 0 Å². The zero-order valence-electron chi connectivity index (χ0n) is 53.9. The fraction of sp³-hybridized carbons (Fsp3) is 0.286. The van der Waals surface area contributed by atoms with Crippen LogP contribution in [0.15, 0.2) is 218 Å². The van der Waals surface area contributed by atoms with E-state index in [9.17, 15) is 0 Å². The van der Waals surface area contributed by atoms with Crippen molar-refractivity contribution in [3.05, 3.63) is 257 Å².